The number of carboxylic acid groups (broad SMARTS) is 1. The van der Waals surface area contributed by atoms with E-state index in [0.29, 0.717) is 13.0 Å². The molecule has 1 unspecified atom stereocenters. The predicted octanol–water partition coefficient (Wildman–Crippen LogP) is 1.24. The third-order valence-corrected chi connectivity index (χ3v) is 2.69. The molecule has 0 aromatic carbocycles. The number of hydrogen-bond acceptors (Lipinski definition) is 5. The maximum Gasteiger partial charge on any atom is 0.337 e. The van der Waals surface area contributed by atoms with E-state index < -0.39 is 5.97 Å². The third-order valence-electron chi connectivity index (χ3n) is 2.31. The monoisotopic (exact) mass is 274 g/mol. The van der Waals surface area contributed by atoms with Crippen molar-refractivity contribution in [2.24, 2.45) is 0 Å². The molecule has 6 nitrogen and oxygen atoms in total. The van der Waals surface area contributed by atoms with Crippen LogP contribution in [-0.2, 0) is 4.74 Å². The fourth-order valence-electron chi connectivity index (χ4n) is 1.46. The third kappa shape index (κ3) is 3.83. The SMILES string of the molecule is COCC(CCO)Nc1nccc(C(=O)O)c1Cl. The molecule has 1 aromatic heterocycles. The number of anilines is 1. The van der Waals surface area contributed by atoms with E-state index in [2.05, 4.69) is 10.3 Å². The van der Waals surface area contributed by atoms with Crippen LogP contribution in [0.25, 0.3) is 0 Å². The average molecular weight is 275 g/mol. The van der Waals surface area contributed by atoms with Gasteiger partial charge in [0.05, 0.1) is 23.2 Å². The van der Waals surface area contributed by atoms with Crippen LogP contribution in [0.5, 0.6) is 0 Å². The molecule has 0 aliphatic heterocycles. The summed E-state index contributed by atoms with van der Waals surface area (Å²) in [7, 11) is 1.54. The molecule has 1 heterocycles. The Balaban J connectivity index is 2.88. The summed E-state index contributed by atoms with van der Waals surface area (Å²) in [5.74, 6) is -0.844. The molecule has 7 heteroatoms. The Bertz CT molecular complexity index is 408. The van der Waals surface area contributed by atoms with Gasteiger partial charge in [0.25, 0.3) is 0 Å². The van der Waals surface area contributed by atoms with Gasteiger partial charge in [0, 0.05) is 19.9 Å². The van der Waals surface area contributed by atoms with Crippen LogP contribution in [0.3, 0.4) is 0 Å². The van der Waals surface area contributed by atoms with Gasteiger partial charge in [-0.1, -0.05) is 11.6 Å². The molecule has 3 N–H and O–H groups in total. The van der Waals surface area contributed by atoms with Gasteiger partial charge in [-0.3, -0.25) is 0 Å². The Labute approximate surface area is 110 Å². The summed E-state index contributed by atoms with van der Waals surface area (Å²) in [5, 5.41) is 20.8. The van der Waals surface area contributed by atoms with Crippen molar-refractivity contribution in [2.45, 2.75) is 12.5 Å². The number of aromatic carboxylic acids is 1. The average Bonchev–Trinajstić information content (AvgIpc) is 2.32. The molecule has 18 heavy (non-hydrogen) atoms. The van der Waals surface area contributed by atoms with Crippen LogP contribution in [0.1, 0.15) is 16.8 Å². The van der Waals surface area contributed by atoms with Crippen molar-refractivity contribution in [3.05, 3.63) is 22.8 Å². The maximum atomic E-state index is 10.9. The van der Waals surface area contributed by atoms with Crippen molar-refractivity contribution >= 4 is 23.4 Å². The summed E-state index contributed by atoms with van der Waals surface area (Å²) in [6, 6.07) is 1.14. The van der Waals surface area contributed by atoms with Crippen LogP contribution in [0.4, 0.5) is 5.82 Å². The second-order valence-corrected chi connectivity index (χ2v) is 4.01. The van der Waals surface area contributed by atoms with Crippen molar-refractivity contribution in [1.82, 2.24) is 4.98 Å². The van der Waals surface area contributed by atoms with E-state index in [1.54, 1.807) is 0 Å². The zero-order valence-corrected chi connectivity index (χ0v) is 10.6. The molecule has 0 saturated heterocycles. The highest BCUT2D eigenvalue weighted by molar-refractivity contribution is 6.35. The van der Waals surface area contributed by atoms with Gasteiger partial charge in [0.15, 0.2) is 0 Å². The molecule has 0 fully saturated rings. The number of ether oxygens (including phenoxy) is 1. The Morgan fingerprint density at radius 3 is 2.94 bits per heavy atom. The Hall–Kier alpha value is -1.37. The molecular weight excluding hydrogens is 260 g/mol. The van der Waals surface area contributed by atoms with Crippen LogP contribution >= 0.6 is 11.6 Å². The summed E-state index contributed by atoms with van der Waals surface area (Å²) >= 11 is 5.94. The van der Waals surface area contributed by atoms with Crippen molar-refractivity contribution in [2.75, 3.05) is 25.6 Å². The normalized spacial score (nSPS) is 12.2. The topological polar surface area (TPSA) is 91.7 Å². The van der Waals surface area contributed by atoms with E-state index in [1.807, 2.05) is 0 Å². The molecule has 0 aliphatic carbocycles. The first kappa shape index (κ1) is 14.7. The highest BCUT2D eigenvalue weighted by Crippen LogP contribution is 2.24. The largest absolute Gasteiger partial charge is 0.478 e. The summed E-state index contributed by atoms with van der Waals surface area (Å²) < 4.78 is 4.99. The zero-order chi connectivity index (χ0) is 13.5. The van der Waals surface area contributed by atoms with Crippen LogP contribution in [0.15, 0.2) is 12.3 Å². The van der Waals surface area contributed by atoms with Crippen LogP contribution in [0, 0.1) is 0 Å². The number of aliphatic hydroxyl groups is 1. The first-order chi connectivity index (χ1) is 8.60. The number of nitrogens with zero attached hydrogens (tertiary/aromatic N) is 1. The highest BCUT2D eigenvalue weighted by Gasteiger charge is 2.16. The van der Waals surface area contributed by atoms with Crippen LogP contribution in [0.2, 0.25) is 5.02 Å². The second-order valence-electron chi connectivity index (χ2n) is 3.64. The van der Waals surface area contributed by atoms with Gasteiger partial charge in [-0.25, -0.2) is 9.78 Å². The Morgan fingerprint density at radius 1 is 1.67 bits per heavy atom. The number of carbonyl (C=O) groups is 1. The van der Waals surface area contributed by atoms with Crippen molar-refractivity contribution in [3.63, 3.8) is 0 Å². The van der Waals surface area contributed by atoms with Gasteiger partial charge in [-0.15, -0.1) is 0 Å². The molecule has 1 rings (SSSR count). The van der Waals surface area contributed by atoms with Crippen molar-refractivity contribution in [1.29, 1.82) is 0 Å². The molecular formula is C11H15ClN2O4. The minimum atomic E-state index is -1.11. The molecule has 0 amide bonds. The fraction of sp³-hybridized carbons (Fsp3) is 0.455. The van der Waals surface area contributed by atoms with E-state index in [4.69, 9.17) is 26.6 Å². The fourth-order valence-corrected chi connectivity index (χ4v) is 1.70. The minimum Gasteiger partial charge on any atom is -0.478 e. The minimum absolute atomic E-state index is 0.0166. The summed E-state index contributed by atoms with van der Waals surface area (Å²) in [5.41, 5.74) is -0.0191. The lowest BCUT2D eigenvalue weighted by Crippen LogP contribution is -2.27. The highest BCUT2D eigenvalue weighted by atomic mass is 35.5. The van der Waals surface area contributed by atoms with E-state index in [9.17, 15) is 4.79 Å². The van der Waals surface area contributed by atoms with Gasteiger partial charge in [-0.2, -0.15) is 0 Å². The second kappa shape index (κ2) is 7.15. The number of halogens is 1. The van der Waals surface area contributed by atoms with Gasteiger partial charge < -0.3 is 20.3 Å². The lowest BCUT2D eigenvalue weighted by Gasteiger charge is -2.18. The number of nitrogens with one attached hydrogen (secondary N) is 1. The van der Waals surface area contributed by atoms with E-state index in [-0.39, 0.29) is 29.1 Å². The van der Waals surface area contributed by atoms with Crippen molar-refractivity contribution in [3.8, 4) is 0 Å². The molecule has 0 aliphatic rings. The Kier molecular flexibility index (Phi) is 5.84. The van der Waals surface area contributed by atoms with E-state index in [1.165, 1.54) is 19.4 Å². The van der Waals surface area contributed by atoms with Crippen molar-refractivity contribution < 1.29 is 19.7 Å². The number of methoxy groups -OCH3 is 1. The number of hydrogen-bond donors (Lipinski definition) is 3. The van der Waals surface area contributed by atoms with Gasteiger partial charge in [-0.05, 0) is 12.5 Å². The number of rotatable bonds is 7. The standard InChI is InChI=1S/C11H15ClN2O4/c1-18-6-7(3-5-15)14-10-9(12)8(11(16)17)2-4-13-10/h2,4,7,15H,3,5-6H2,1H3,(H,13,14)(H,16,17). The van der Waals surface area contributed by atoms with Gasteiger partial charge in [0.2, 0.25) is 0 Å². The van der Waals surface area contributed by atoms with E-state index in [0.717, 1.165) is 0 Å². The molecule has 0 bridgehead atoms. The first-order valence-corrected chi connectivity index (χ1v) is 5.72. The number of carboxylic acids is 1. The predicted molar refractivity (Wildman–Crippen MR) is 67.2 cm³/mol. The molecule has 0 saturated carbocycles. The molecule has 100 valence electrons. The van der Waals surface area contributed by atoms with Crippen LogP contribution in [-0.4, -0.2) is 47.5 Å². The Morgan fingerprint density at radius 2 is 2.39 bits per heavy atom. The molecule has 0 spiro atoms. The zero-order valence-electron chi connectivity index (χ0n) is 9.89. The van der Waals surface area contributed by atoms with Crippen LogP contribution < -0.4 is 5.32 Å². The lowest BCUT2D eigenvalue weighted by molar-refractivity contribution is 0.0697. The maximum absolute atomic E-state index is 10.9. The summed E-state index contributed by atoms with van der Waals surface area (Å²) in [6.45, 7) is 0.340. The lowest BCUT2D eigenvalue weighted by atomic mass is 10.2. The smallest absolute Gasteiger partial charge is 0.337 e. The molecule has 1 atom stereocenters. The quantitative estimate of drug-likeness (QED) is 0.693. The van der Waals surface area contributed by atoms with Gasteiger partial charge >= 0.3 is 5.97 Å². The molecule has 0 radical (unpaired) electrons. The number of aromatic nitrogens is 1. The van der Waals surface area contributed by atoms with E-state index >= 15 is 0 Å². The van der Waals surface area contributed by atoms with Gasteiger partial charge in [0.1, 0.15) is 5.82 Å². The summed E-state index contributed by atoms with van der Waals surface area (Å²) in [6.07, 6.45) is 1.81. The number of aliphatic hydroxyl groups excluding tert-OH is 1. The first-order valence-electron chi connectivity index (χ1n) is 5.34. The molecule has 1 aromatic rings. The summed E-state index contributed by atoms with van der Waals surface area (Å²) in [4.78, 5) is 14.9. The number of pyridine rings is 1.